The van der Waals surface area contributed by atoms with Crippen molar-refractivity contribution in [2.24, 2.45) is 5.41 Å². The highest BCUT2D eigenvalue weighted by Crippen LogP contribution is 2.46. The minimum Gasteiger partial charge on any atom is -0.497 e. The summed E-state index contributed by atoms with van der Waals surface area (Å²) in [6.07, 6.45) is 6.36. The first-order chi connectivity index (χ1) is 32.5. The Bertz CT molecular complexity index is 1960. The average molecular weight is 957 g/mol. The predicted molar refractivity (Wildman–Crippen MR) is 271 cm³/mol. The van der Waals surface area contributed by atoms with E-state index >= 15 is 0 Å². The van der Waals surface area contributed by atoms with Gasteiger partial charge in [-0.1, -0.05) is 114 Å². The van der Waals surface area contributed by atoms with Gasteiger partial charge >= 0.3 is 5.97 Å². The molecule has 376 valence electrons. The number of esters is 1. The van der Waals surface area contributed by atoms with Crippen LogP contribution in [0.2, 0.25) is 16.6 Å². The van der Waals surface area contributed by atoms with Gasteiger partial charge in [-0.15, -0.1) is 0 Å². The van der Waals surface area contributed by atoms with Gasteiger partial charge in [0.2, 0.25) is 8.32 Å². The Morgan fingerprint density at radius 2 is 1.41 bits per heavy atom. The number of fused-ring (bicyclic) bond motifs is 1. The molecule has 0 unspecified atom stereocenters. The van der Waals surface area contributed by atoms with Crippen molar-refractivity contribution in [1.29, 1.82) is 0 Å². The summed E-state index contributed by atoms with van der Waals surface area (Å²) in [6.45, 7) is 23.9. The van der Waals surface area contributed by atoms with Crippen LogP contribution in [0.15, 0.2) is 96.8 Å². The second-order valence-corrected chi connectivity index (χ2v) is 27.0. The van der Waals surface area contributed by atoms with E-state index in [1.165, 1.54) is 5.56 Å². The van der Waals surface area contributed by atoms with E-state index in [2.05, 4.69) is 78.8 Å². The van der Waals surface area contributed by atoms with Gasteiger partial charge in [0.1, 0.15) is 24.6 Å². The minimum absolute atomic E-state index is 0.0183. The van der Waals surface area contributed by atoms with Crippen LogP contribution in [0.25, 0.3) is 0 Å². The molecule has 0 amide bonds. The van der Waals surface area contributed by atoms with Crippen LogP contribution in [0.5, 0.6) is 5.75 Å². The highest BCUT2D eigenvalue weighted by atomic mass is 28.4. The van der Waals surface area contributed by atoms with E-state index in [1.807, 2.05) is 81.4 Å². The number of rotatable bonds is 22. The lowest BCUT2D eigenvalue weighted by molar-refractivity contribution is -0.223. The van der Waals surface area contributed by atoms with Gasteiger partial charge in [0.15, 0.2) is 6.10 Å². The summed E-state index contributed by atoms with van der Waals surface area (Å²) in [7, 11) is -0.711. The molecule has 0 aromatic heterocycles. The number of carbonyl (C=O) groups excluding carboxylic acids is 1. The van der Waals surface area contributed by atoms with Gasteiger partial charge in [-0.2, -0.15) is 0 Å². The number of benzene rings is 3. The third-order valence-corrected chi connectivity index (χ3v) is 20.5. The lowest BCUT2D eigenvalue weighted by Gasteiger charge is -2.50. The van der Waals surface area contributed by atoms with Gasteiger partial charge in [-0.25, -0.2) is 0 Å². The maximum absolute atomic E-state index is 13.5. The number of ether oxygens (including phenoxy) is 8. The molecule has 3 aliphatic heterocycles. The van der Waals surface area contributed by atoms with Crippen molar-refractivity contribution in [1.82, 2.24) is 0 Å². The second-order valence-electron chi connectivity index (χ2n) is 21.6. The average Bonchev–Trinajstić information content (AvgIpc) is 3.31. The van der Waals surface area contributed by atoms with Crippen molar-refractivity contribution in [3.63, 3.8) is 0 Å². The lowest BCUT2D eigenvalue weighted by atomic mass is 9.85. The van der Waals surface area contributed by atoms with Gasteiger partial charge in [0.05, 0.1) is 68.1 Å². The highest BCUT2D eigenvalue weighted by Gasteiger charge is 2.51. The summed E-state index contributed by atoms with van der Waals surface area (Å²) in [4.78, 5) is 13.5. The van der Waals surface area contributed by atoms with Crippen LogP contribution in [-0.4, -0.2) is 82.9 Å². The Kier molecular flexibility index (Phi) is 19.8. The molecule has 0 bridgehead atoms. The maximum Gasteiger partial charge on any atom is 0.311 e. The first-order valence-corrected chi connectivity index (χ1v) is 27.7. The van der Waals surface area contributed by atoms with Crippen LogP contribution in [0.4, 0.5) is 0 Å². The quantitative estimate of drug-likeness (QED) is 0.0550. The van der Waals surface area contributed by atoms with Gasteiger partial charge in [0, 0.05) is 19.4 Å². The minimum atomic E-state index is -2.39. The molecule has 10 nitrogen and oxygen atoms in total. The van der Waals surface area contributed by atoms with E-state index in [-0.39, 0.29) is 49.2 Å². The number of hydrogen-bond acceptors (Lipinski definition) is 10. The van der Waals surface area contributed by atoms with Crippen molar-refractivity contribution in [3.8, 4) is 5.75 Å². The predicted octanol–water partition coefficient (Wildman–Crippen LogP) is 12.9. The summed E-state index contributed by atoms with van der Waals surface area (Å²) >= 11 is 0. The zero-order valence-electron chi connectivity index (χ0n) is 43.2. The van der Waals surface area contributed by atoms with E-state index in [1.54, 1.807) is 7.11 Å². The summed E-state index contributed by atoms with van der Waals surface area (Å²) in [5.41, 5.74) is 2.87. The van der Waals surface area contributed by atoms with Crippen molar-refractivity contribution in [2.75, 3.05) is 20.3 Å². The van der Waals surface area contributed by atoms with Crippen LogP contribution in [0.3, 0.4) is 0 Å². The molecule has 2 saturated heterocycles. The summed E-state index contributed by atoms with van der Waals surface area (Å²) < 4.78 is 60.6. The van der Waals surface area contributed by atoms with E-state index in [0.29, 0.717) is 55.9 Å². The van der Waals surface area contributed by atoms with Crippen molar-refractivity contribution >= 4 is 14.3 Å². The summed E-state index contributed by atoms with van der Waals surface area (Å²) in [6, 6.07) is 28.7. The largest absolute Gasteiger partial charge is 0.497 e. The third kappa shape index (κ3) is 14.5. The van der Waals surface area contributed by atoms with Crippen molar-refractivity contribution in [3.05, 3.63) is 113 Å². The molecule has 3 aliphatic rings. The fourth-order valence-corrected chi connectivity index (χ4v) is 16.3. The monoisotopic (exact) mass is 957 g/mol. The SMILES string of the molecule is COc1ccc(CO[C@@H]2CCC[C@H](O[Si](C(C)C)(C(C)C)C(C)C)[C@@H](COC(=O)C(C)(C)C)O[C@@]2(C)CC2=CC[C@H]3O[C@H](CCCOCc4ccccc4)C[C@H](OCc4ccccc4)[C@@H]3O2)cc1. The van der Waals surface area contributed by atoms with Crippen LogP contribution >= 0.6 is 0 Å². The zero-order valence-corrected chi connectivity index (χ0v) is 44.2. The molecule has 6 rings (SSSR count). The van der Waals surface area contributed by atoms with Crippen molar-refractivity contribution < 1.29 is 47.1 Å². The molecule has 0 radical (unpaired) electrons. The third-order valence-electron chi connectivity index (χ3n) is 14.4. The molecule has 68 heavy (non-hydrogen) atoms. The lowest BCUT2D eigenvalue weighted by Crippen LogP contribution is -2.57. The first kappa shape index (κ1) is 53.8. The van der Waals surface area contributed by atoms with E-state index in [4.69, 9.17) is 42.3 Å². The number of carbonyl (C=O) groups is 1. The Balaban J connectivity index is 1.27. The van der Waals surface area contributed by atoms with Gasteiger partial charge in [-0.05, 0) is 118 Å². The molecular formula is C57H84O10Si. The van der Waals surface area contributed by atoms with E-state index in [9.17, 15) is 4.79 Å². The summed E-state index contributed by atoms with van der Waals surface area (Å²) in [5, 5.41) is 0. The second kappa shape index (κ2) is 25.0. The fourth-order valence-electron chi connectivity index (χ4n) is 10.7. The van der Waals surface area contributed by atoms with Gasteiger partial charge in [0.25, 0.3) is 0 Å². The Hall–Kier alpha value is -3.55. The molecule has 11 heteroatoms. The fraction of sp³-hybridized carbons (Fsp3) is 0.632. The molecule has 0 spiro atoms. The molecule has 8 atom stereocenters. The van der Waals surface area contributed by atoms with Crippen LogP contribution in [0, 0.1) is 5.41 Å². The standard InChI is InChI=1S/C57H84O10Si/c1-40(2)68(41(3)4,42(5)6)67-49-25-18-26-53(62-38-45-27-29-46(59-11)30-28-45)57(10,66-52(49)39-63-55(58)56(7,8)9)35-48-31-32-50-54(65-48)51(61-37-44-22-16-13-17-23-44)34-47(64-50)24-19-33-60-36-43-20-14-12-15-21-43/h12-17,20-23,27-31,40-42,47,49-54H,18-19,24-26,32-39H2,1-11H3/t47-,49+,50-,51+,52-,53-,54-,57+/m1/s1. The van der Waals surface area contributed by atoms with E-state index < -0.39 is 25.4 Å². The molecule has 0 N–H and O–H groups in total. The van der Waals surface area contributed by atoms with Gasteiger partial charge < -0.3 is 42.3 Å². The molecule has 2 fully saturated rings. The molecule has 3 aromatic carbocycles. The van der Waals surface area contributed by atoms with Crippen LogP contribution in [0.1, 0.15) is 137 Å². The normalized spacial score (nSPS) is 25.9. The van der Waals surface area contributed by atoms with Crippen LogP contribution in [-0.2, 0) is 62.2 Å². The number of hydrogen-bond donors (Lipinski definition) is 0. The Morgan fingerprint density at radius 1 is 0.794 bits per heavy atom. The first-order valence-electron chi connectivity index (χ1n) is 25.6. The van der Waals surface area contributed by atoms with Crippen molar-refractivity contribution in [2.45, 2.75) is 205 Å². The molecular weight excluding hydrogens is 873 g/mol. The Labute approximate surface area is 410 Å². The zero-order chi connectivity index (χ0) is 48.9. The molecule has 0 aliphatic carbocycles. The maximum atomic E-state index is 13.5. The Morgan fingerprint density at radius 3 is 2.03 bits per heavy atom. The van der Waals surface area contributed by atoms with E-state index in [0.717, 1.165) is 61.2 Å². The van der Waals surface area contributed by atoms with Crippen LogP contribution < -0.4 is 4.74 Å². The topological polar surface area (TPSA) is 100 Å². The number of methoxy groups -OCH3 is 1. The molecule has 3 aromatic rings. The summed E-state index contributed by atoms with van der Waals surface area (Å²) in [5.74, 6) is 1.36. The van der Waals surface area contributed by atoms with Gasteiger partial charge in [-0.3, -0.25) is 4.79 Å². The molecule has 0 saturated carbocycles. The highest BCUT2D eigenvalue weighted by molar-refractivity contribution is 6.77. The molecule has 3 heterocycles. The smallest absolute Gasteiger partial charge is 0.311 e.